The summed E-state index contributed by atoms with van der Waals surface area (Å²) in [5.41, 5.74) is 8.16. The molecule has 5 heteroatoms. The highest BCUT2D eigenvalue weighted by Gasteiger charge is 2.12. The minimum atomic E-state index is -0.489. The number of primary amides is 1. The van der Waals surface area contributed by atoms with E-state index >= 15 is 0 Å². The monoisotopic (exact) mass is 289 g/mol. The first-order chi connectivity index (χ1) is 9.60. The maximum absolute atomic E-state index is 11.6. The Bertz CT molecular complexity index is 581. The van der Waals surface area contributed by atoms with Crippen LogP contribution in [0.3, 0.4) is 0 Å². The lowest BCUT2D eigenvalue weighted by atomic mass is 10.2. The van der Waals surface area contributed by atoms with Crippen molar-refractivity contribution in [3.05, 3.63) is 59.1 Å². The lowest BCUT2D eigenvalue weighted by Crippen LogP contribution is -2.35. The van der Waals surface area contributed by atoms with Gasteiger partial charge in [-0.2, -0.15) is 0 Å². The maximum Gasteiger partial charge on any atom is 0.319 e. The quantitative estimate of drug-likeness (QED) is 0.905. The number of hydrogen-bond acceptors (Lipinski definition) is 2. The summed E-state index contributed by atoms with van der Waals surface area (Å²) in [6.45, 7) is 0.408. The van der Waals surface area contributed by atoms with Crippen LogP contribution in [0.15, 0.2) is 48.5 Å². The zero-order valence-corrected chi connectivity index (χ0v) is 11.9. The molecule has 0 radical (unpaired) electrons. The Hall–Kier alpha value is -2.20. The van der Waals surface area contributed by atoms with Crippen molar-refractivity contribution < 1.29 is 4.79 Å². The van der Waals surface area contributed by atoms with Crippen LogP contribution >= 0.6 is 11.6 Å². The number of rotatable bonds is 4. The van der Waals surface area contributed by atoms with Gasteiger partial charge in [0.25, 0.3) is 0 Å². The number of nitrogens with two attached hydrogens (primary N) is 1. The van der Waals surface area contributed by atoms with Crippen molar-refractivity contribution in [2.45, 2.75) is 6.54 Å². The highest BCUT2D eigenvalue weighted by atomic mass is 35.5. The summed E-state index contributed by atoms with van der Waals surface area (Å²) in [4.78, 5) is 13.1. The molecule has 0 aromatic heterocycles. The highest BCUT2D eigenvalue weighted by Crippen LogP contribution is 2.20. The summed E-state index contributed by atoms with van der Waals surface area (Å²) in [5.74, 6) is 0. The van der Waals surface area contributed by atoms with Crippen LogP contribution in [-0.2, 0) is 6.54 Å². The smallest absolute Gasteiger partial charge is 0.319 e. The summed E-state index contributed by atoms with van der Waals surface area (Å²) < 4.78 is 0. The molecule has 2 aromatic rings. The summed E-state index contributed by atoms with van der Waals surface area (Å²) >= 11 is 5.85. The number of amides is 2. The minimum Gasteiger partial charge on any atom is -0.388 e. The van der Waals surface area contributed by atoms with Crippen LogP contribution in [0.5, 0.6) is 0 Å². The topological polar surface area (TPSA) is 58.4 Å². The van der Waals surface area contributed by atoms with E-state index < -0.39 is 6.03 Å². The van der Waals surface area contributed by atoms with Gasteiger partial charge in [-0.3, -0.25) is 4.90 Å². The summed E-state index contributed by atoms with van der Waals surface area (Å²) in [6.07, 6.45) is 0. The first kappa shape index (κ1) is 14.2. The lowest BCUT2D eigenvalue weighted by Gasteiger charge is -2.21. The fraction of sp³-hybridized carbons (Fsp3) is 0.133. The summed E-state index contributed by atoms with van der Waals surface area (Å²) in [5, 5.41) is 3.69. The minimum absolute atomic E-state index is 0.408. The van der Waals surface area contributed by atoms with Crippen molar-refractivity contribution in [2.75, 3.05) is 17.3 Å². The standard InChI is InChI=1S/C15H16ClN3O/c1-18-13-6-8-14(9-7-13)19(15(17)20)10-11-2-4-12(16)5-3-11/h2-9,18H,10H2,1H3,(H2,17,20). The molecule has 0 atom stereocenters. The Labute approximate surface area is 123 Å². The molecule has 0 spiro atoms. The first-order valence-electron chi connectivity index (χ1n) is 6.19. The number of halogens is 1. The SMILES string of the molecule is CNc1ccc(N(Cc2ccc(Cl)cc2)C(N)=O)cc1. The van der Waals surface area contributed by atoms with Gasteiger partial charge in [-0.1, -0.05) is 23.7 Å². The van der Waals surface area contributed by atoms with Gasteiger partial charge in [0.15, 0.2) is 0 Å². The highest BCUT2D eigenvalue weighted by molar-refractivity contribution is 6.30. The van der Waals surface area contributed by atoms with Crippen molar-refractivity contribution in [3.8, 4) is 0 Å². The molecule has 0 heterocycles. The van der Waals surface area contributed by atoms with Crippen molar-refractivity contribution >= 4 is 29.0 Å². The molecular formula is C15H16ClN3O. The average molecular weight is 290 g/mol. The summed E-state index contributed by atoms with van der Waals surface area (Å²) in [7, 11) is 1.84. The predicted octanol–water partition coefficient (Wildman–Crippen LogP) is 3.47. The van der Waals surface area contributed by atoms with E-state index in [1.165, 1.54) is 4.90 Å². The van der Waals surface area contributed by atoms with E-state index in [0.717, 1.165) is 16.9 Å². The first-order valence-corrected chi connectivity index (χ1v) is 6.57. The molecule has 3 N–H and O–H groups in total. The van der Waals surface area contributed by atoms with Gasteiger partial charge in [-0.05, 0) is 42.0 Å². The largest absolute Gasteiger partial charge is 0.388 e. The molecule has 104 valence electrons. The second kappa shape index (κ2) is 6.30. The number of carbonyl (C=O) groups is 1. The lowest BCUT2D eigenvalue weighted by molar-refractivity contribution is 0.253. The Balaban J connectivity index is 2.22. The number of benzene rings is 2. The van der Waals surface area contributed by atoms with Gasteiger partial charge < -0.3 is 11.1 Å². The predicted molar refractivity (Wildman–Crippen MR) is 83.2 cm³/mol. The van der Waals surface area contributed by atoms with Crippen molar-refractivity contribution in [3.63, 3.8) is 0 Å². The number of carbonyl (C=O) groups excluding carboxylic acids is 1. The van der Waals surface area contributed by atoms with Gasteiger partial charge in [0.05, 0.1) is 6.54 Å². The number of nitrogens with one attached hydrogen (secondary N) is 1. The van der Waals surface area contributed by atoms with Crippen LogP contribution < -0.4 is 16.0 Å². The molecule has 0 saturated carbocycles. The molecule has 4 nitrogen and oxygen atoms in total. The number of hydrogen-bond donors (Lipinski definition) is 2. The molecule has 20 heavy (non-hydrogen) atoms. The second-order valence-electron chi connectivity index (χ2n) is 4.35. The molecule has 2 aromatic carbocycles. The fourth-order valence-electron chi connectivity index (χ4n) is 1.88. The molecule has 0 saturated heterocycles. The average Bonchev–Trinajstić information content (AvgIpc) is 2.46. The second-order valence-corrected chi connectivity index (χ2v) is 4.78. The van der Waals surface area contributed by atoms with E-state index in [1.54, 1.807) is 12.1 Å². The van der Waals surface area contributed by atoms with Crippen LogP contribution in [-0.4, -0.2) is 13.1 Å². The fourth-order valence-corrected chi connectivity index (χ4v) is 2.00. The van der Waals surface area contributed by atoms with Crippen LogP contribution in [0.4, 0.5) is 16.2 Å². The van der Waals surface area contributed by atoms with Gasteiger partial charge in [0.2, 0.25) is 0 Å². The molecule has 0 unspecified atom stereocenters. The third-order valence-corrected chi connectivity index (χ3v) is 3.24. The van der Waals surface area contributed by atoms with Gasteiger partial charge in [0, 0.05) is 23.4 Å². The maximum atomic E-state index is 11.6. The van der Waals surface area contributed by atoms with Crippen molar-refractivity contribution in [1.82, 2.24) is 0 Å². The van der Waals surface area contributed by atoms with Crippen LogP contribution in [0.1, 0.15) is 5.56 Å². The van der Waals surface area contributed by atoms with Gasteiger partial charge in [-0.25, -0.2) is 4.79 Å². The van der Waals surface area contributed by atoms with Crippen molar-refractivity contribution in [1.29, 1.82) is 0 Å². The van der Waals surface area contributed by atoms with Gasteiger partial charge in [-0.15, -0.1) is 0 Å². The van der Waals surface area contributed by atoms with E-state index in [2.05, 4.69) is 5.32 Å². The van der Waals surface area contributed by atoms with Gasteiger partial charge in [0.1, 0.15) is 0 Å². The van der Waals surface area contributed by atoms with E-state index in [4.69, 9.17) is 17.3 Å². The molecule has 2 rings (SSSR count). The van der Waals surface area contributed by atoms with E-state index in [-0.39, 0.29) is 0 Å². The van der Waals surface area contributed by atoms with Crippen LogP contribution in [0, 0.1) is 0 Å². The van der Waals surface area contributed by atoms with E-state index in [0.29, 0.717) is 11.6 Å². The molecule has 0 aliphatic carbocycles. The zero-order valence-electron chi connectivity index (χ0n) is 11.1. The Morgan fingerprint density at radius 1 is 1.15 bits per heavy atom. The normalized spacial score (nSPS) is 10.1. The zero-order chi connectivity index (χ0) is 14.5. The number of urea groups is 1. The Morgan fingerprint density at radius 3 is 2.25 bits per heavy atom. The van der Waals surface area contributed by atoms with Crippen molar-refractivity contribution in [2.24, 2.45) is 5.73 Å². The molecule has 0 aliphatic heterocycles. The molecular weight excluding hydrogens is 274 g/mol. The molecule has 0 fully saturated rings. The van der Waals surface area contributed by atoms with E-state index in [1.807, 2.05) is 43.4 Å². The van der Waals surface area contributed by atoms with Crippen LogP contribution in [0.25, 0.3) is 0 Å². The summed E-state index contributed by atoms with van der Waals surface area (Å²) in [6, 6.07) is 14.3. The Morgan fingerprint density at radius 2 is 1.75 bits per heavy atom. The van der Waals surface area contributed by atoms with Crippen LogP contribution in [0.2, 0.25) is 5.02 Å². The third-order valence-electron chi connectivity index (χ3n) is 2.99. The Kier molecular flexibility index (Phi) is 4.48. The number of anilines is 2. The molecule has 2 amide bonds. The molecule has 0 aliphatic rings. The van der Waals surface area contributed by atoms with Gasteiger partial charge >= 0.3 is 6.03 Å². The molecule has 0 bridgehead atoms. The van der Waals surface area contributed by atoms with E-state index in [9.17, 15) is 4.79 Å². The number of nitrogens with zero attached hydrogens (tertiary/aromatic N) is 1. The third kappa shape index (κ3) is 3.42.